The summed E-state index contributed by atoms with van der Waals surface area (Å²) >= 11 is 1.77. The van der Waals surface area contributed by atoms with Crippen molar-refractivity contribution >= 4 is 34.4 Å². The van der Waals surface area contributed by atoms with Crippen molar-refractivity contribution in [2.24, 2.45) is 4.99 Å². The minimum Gasteiger partial charge on any atom is -0.373 e. The van der Waals surface area contributed by atoms with Crippen molar-refractivity contribution in [1.82, 2.24) is 0 Å². The zero-order valence-corrected chi connectivity index (χ0v) is 18.0. The van der Waals surface area contributed by atoms with Gasteiger partial charge in [0.1, 0.15) is 13.1 Å². The minimum absolute atomic E-state index is 0.770. The lowest BCUT2D eigenvalue weighted by Gasteiger charge is -2.20. The van der Waals surface area contributed by atoms with Gasteiger partial charge in [-0.3, -0.25) is 0 Å². The maximum absolute atomic E-state index is 5.51. The van der Waals surface area contributed by atoms with Crippen LogP contribution in [0.2, 0.25) is 0 Å². The van der Waals surface area contributed by atoms with Crippen LogP contribution in [0.25, 0.3) is 6.08 Å². The molecule has 4 rings (SSSR count). The Kier molecular flexibility index (Phi) is 6.47. The van der Waals surface area contributed by atoms with E-state index in [2.05, 4.69) is 77.9 Å². The van der Waals surface area contributed by atoms with Crippen LogP contribution in [0.5, 0.6) is 0 Å². The Hall–Kier alpha value is -2.37. The predicted molar refractivity (Wildman–Crippen MR) is 124 cm³/mol. The second kappa shape index (κ2) is 9.42. The molecule has 2 heterocycles. The van der Waals surface area contributed by atoms with Gasteiger partial charge >= 0.3 is 5.17 Å². The number of nitrogens with zero attached hydrogens (tertiary/aromatic N) is 3. The maximum atomic E-state index is 5.51. The van der Waals surface area contributed by atoms with Gasteiger partial charge in [-0.1, -0.05) is 42.5 Å². The zero-order chi connectivity index (χ0) is 20.1. The Morgan fingerprint density at radius 3 is 2.34 bits per heavy atom. The van der Waals surface area contributed by atoms with E-state index in [1.807, 2.05) is 6.07 Å². The summed E-state index contributed by atoms with van der Waals surface area (Å²) < 4.78 is 7.85. The molecule has 2 aromatic carbocycles. The molecule has 29 heavy (non-hydrogen) atoms. The van der Waals surface area contributed by atoms with Gasteiger partial charge in [-0.05, 0) is 42.6 Å². The van der Waals surface area contributed by atoms with E-state index in [0.29, 0.717) is 0 Å². The first-order valence-corrected chi connectivity index (χ1v) is 11.2. The molecule has 0 atom stereocenters. The summed E-state index contributed by atoms with van der Waals surface area (Å²) in [6.07, 6.45) is 2.26. The average molecular weight is 407 g/mol. The SMILES string of the molecule is CCN(CC)c1ccc(/C=C2/SC(=[N+]3CCOCC3)N=C2c2ccccc2)cc1. The molecular weight excluding hydrogens is 378 g/mol. The third kappa shape index (κ3) is 4.62. The Labute approximate surface area is 177 Å². The highest BCUT2D eigenvalue weighted by atomic mass is 32.2. The number of aliphatic imine (C=N–C) groups is 1. The van der Waals surface area contributed by atoms with Crippen molar-refractivity contribution in [3.63, 3.8) is 0 Å². The maximum Gasteiger partial charge on any atom is 0.360 e. The molecule has 0 aliphatic carbocycles. The summed E-state index contributed by atoms with van der Waals surface area (Å²) in [5, 5.41) is 1.08. The fraction of sp³-hybridized carbons (Fsp3) is 0.333. The first kappa shape index (κ1) is 19.9. The third-order valence-corrected chi connectivity index (χ3v) is 6.35. The van der Waals surface area contributed by atoms with Crippen molar-refractivity contribution in [1.29, 1.82) is 0 Å². The van der Waals surface area contributed by atoms with Gasteiger partial charge in [-0.15, -0.1) is 0 Å². The highest BCUT2D eigenvalue weighted by Gasteiger charge is 2.32. The lowest BCUT2D eigenvalue weighted by Crippen LogP contribution is -2.31. The molecule has 1 fully saturated rings. The Bertz CT molecular complexity index is 920. The topological polar surface area (TPSA) is 27.8 Å². The van der Waals surface area contributed by atoms with Crippen LogP contribution >= 0.6 is 11.8 Å². The van der Waals surface area contributed by atoms with Gasteiger partial charge in [0, 0.05) is 36.1 Å². The monoisotopic (exact) mass is 406 g/mol. The van der Waals surface area contributed by atoms with Crippen LogP contribution in [0, 0.1) is 0 Å². The lowest BCUT2D eigenvalue weighted by molar-refractivity contribution is -0.547. The number of ether oxygens (including phenoxy) is 1. The molecule has 0 unspecified atom stereocenters. The normalized spacial score (nSPS) is 18.3. The van der Waals surface area contributed by atoms with E-state index in [4.69, 9.17) is 9.73 Å². The smallest absolute Gasteiger partial charge is 0.360 e. The molecule has 0 radical (unpaired) electrons. The summed E-state index contributed by atoms with van der Waals surface area (Å²) in [6, 6.07) is 19.3. The van der Waals surface area contributed by atoms with Gasteiger partial charge in [0.05, 0.1) is 18.1 Å². The lowest BCUT2D eigenvalue weighted by atomic mass is 10.1. The van der Waals surface area contributed by atoms with Crippen LogP contribution < -0.4 is 4.90 Å². The Morgan fingerprint density at radius 1 is 1.00 bits per heavy atom. The van der Waals surface area contributed by atoms with E-state index >= 15 is 0 Å². The summed E-state index contributed by atoms with van der Waals surface area (Å²) in [7, 11) is 0. The van der Waals surface area contributed by atoms with E-state index in [1.165, 1.54) is 16.2 Å². The largest absolute Gasteiger partial charge is 0.373 e. The van der Waals surface area contributed by atoms with Crippen LogP contribution in [-0.4, -0.2) is 54.8 Å². The van der Waals surface area contributed by atoms with Crippen molar-refractivity contribution in [2.45, 2.75) is 13.8 Å². The number of hydrogen-bond donors (Lipinski definition) is 0. The van der Waals surface area contributed by atoms with Gasteiger partial charge in [0.15, 0.2) is 5.71 Å². The summed E-state index contributed by atoms with van der Waals surface area (Å²) in [5.74, 6) is 0. The first-order chi connectivity index (χ1) is 14.3. The van der Waals surface area contributed by atoms with Crippen LogP contribution in [0.3, 0.4) is 0 Å². The van der Waals surface area contributed by atoms with Crippen molar-refractivity contribution in [3.05, 3.63) is 70.6 Å². The van der Waals surface area contributed by atoms with Crippen LogP contribution in [-0.2, 0) is 4.74 Å². The molecule has 0 N–H and O–H groups in total. The van der Waals surface area contributed by atoms with Crippen molar-refractivity contribution in [2.75, 3.05) is 44.3 Å². The van der Waals surface area contributed by atoms with Gasteiger partial charge in [0.25, 0.3) is 0 Å². The molecule has 2 aliphatic rings. The van der Waals surface area contributed by atoms with E-state index in [0.717, 1.165) is 55.8 Å². The third-order valence-electron chi connectivity index (χ3n) is 5.29. The summed E-state index contributed by atoms with van der Waals surface area (Å²) in [4.78, 5) is 8.59. The van der Waals surface area contributed by atoms with Gasteiger partial charge in [0.2, 0.25) is 0 Å². The standard InChI is InChI=1S/C24H28N3OS/c1-3-26(4-2)21-12-10-19(11-13-21)18-22-23(20-8-6-5-7-9-20)25-24(29-22)27-14-16-28-17-15-27/h5-13,18H,3-4,14-17H2,1-2H3/q+1. The molecule has 0 amide bonds. The minimum atomic E-state index is 0.770. The first-order valence-electron chi connectivity index (χ1n) is 10.4. The van der Waals surface area contributed by atoms with Crippen LogP contribution in [0.1, 0.15) is 25.0 Å². The number of benzene rings is 2. The fourth-order valence-electron chi connectivity index (χ4n) is 3.63. The molecule has 0 saturated carbocycles. The number of morpholine rings is 1. The highest BCUT2D eigenvalue weighted by Crippen LogP contribution is 2.33. The molecule has 2 aliphatic heterocycles. The molecule has 4 nitrogen and oxygen atoms in total. The summed E-state index contributed by atoms with van der Waals surface area (Å²) in [6.45, 7) is 9.78. The van der Waals surface area contributed by atoms with Crippen LogP contribution in [0.4, 0.5) is 5.69 Å². The van der Waals surface area contributed by atoms with Gasteiger partial charge < -0.3 is 9.64 Å². The van der Waals surface area contributed by atoms with Gasteiger partial charge in [-0.2, -0.15) is 0 Å². The number of rotatable bonds is 5. The second-order valence-corrected chi connectivity index (χ2v) is 8.09. The fourth-order valence-corrected chi connectivity index (χ4v) is 4.73. The molecule has 1 saturated heterocycles. The van der Waals surface area contributed by atoms with Crippen molar-refractivity contribution in [3.8, 4) is 0 Å². The Balaban J connectivity index is 1.67. The van der Waals surface area contributed by atoms with Crippen LogP contribution in [0.15, 0.2) is 64.5 Å². The molecule has 0 bridgehead atoms. The van der Waals surface area contributed by atoms with Gasteiger partial charge in [-0.25, -0.2) is 4.58 Å². The molecule has 0 spiro atoms. The number of allylic oxidation sites excluding steroid dienone is 1. The van der Waals surface area contributed by atoms with E-state index in [9.17, 15) is 0 Å². The summed E-state index contributed by atoms with van der Waals surface area (Å²) in [5.41, 5.74) is 4.70. The van der Waals surface area contributed by atoms with E-state index in [1.54, 1.807) is 11.8 Å². The highest BCUT2D eigenvalue weighted by molar-refractivity contribution is 8.18. The average Bonchev–Trinajstić information content (AvgIpc) is 3.21. The quantitative estimate of drug-likeness (QED) is 0.684. The molecule has 5 heteroatoms. The number of anilines is 1. The number of hydrogen-bond acceptors (Lipinski definition) is 3. The molecular formula is C24H28N3OS+. The molecule has 0 aromatic heterocycles. The van der Waals surface area contributed by atoms with E-state index in [-0.39, 0.29) is 0 Å². The number of thioether (sulfide) groups is 1. The van der Waals surface area contributed by atoms with E-state index < -0.39 is 0 Å². The zero-order valence-electron chi connectivity index (χ0n) is 17.2. The predicted octanol–water partition coefficient (Wildman–Crippen LogP) is 4.51. The second-order valence-electron chi connectivity index (χ2n) is 7.08. The molecule has 2 aromatic rings. The number of amidine groups is 1. The Morgan fingerprint density at radius 2 is 1.69 bits per heavy atom. The molecule has 150 valence electrons. The van der Waals surface area contributed by atoms with Crippen molar-refractivity contribution < 1.29 is 9.31 Å².